The van der Waals surface area contributed by atoms with Crippen molar-refractivity contribution >= 4 is 22.4 Å². The summed E-state index contributed by atoms with van der Waals surface area (Å²) in [5, 5.41) is 1.20. The summed E-state index contributed by atoms with van der Waals surface area (Å²) in [6.45, 7) is 13.2. The van der Waals surface area contributed by atoms with Crippen LogP contribution in [0.25, 0.3) is 10.9 Å². The van der Waals surface area contributed by atoms with Gasteiger partial charge in [-0.3, -0.25) is 4.98 Å². The van der Waals surface area contributed by atoms with Crippen molar-refractivity contribution < 1.29 is 0 Å². The highest BCUT2D eigenvalue weighted by molar-refractivity contribution is 5.92. The van der Waals surface area contributed by atoms with Crippen LogP contribution in [0.15, 0.2) is 36.5 Å². The topological polar surface area (TPSA) is 48.4 Å². The van der Waals surface area contributed by atoms with Gasteiger partial charge >= 0.3 is 0 Å². The van der Waals surface area contributed by atoms with Crippen molar-refractivity contribution in [3.63, 3.8) is 0 Å². The average Bonchev–Trinajstić information content (AvgIpc) is 2.75. The first-order valence-corrected chi connectivity index (χ1v) is 11.3. The first kappa shape index (κ1) is 22.9. The zero-order chi connectivity index (χ0) is 22.4. The average molecular weight is 421 g/mol. The Hall–Kier alpha value is -2.73. The van der Waals surface area contributed by atoms with E-state index in [1.807, 2.05) is 19.2 Å². The molecule has 0 N–H and O–H groups in total. The number of aromatic nitrogens is 3. The molecule has 0 amide bonds. The largest absolute Gasteiger partial charge is 0.367 e. The summed E-state index contributed by atoms with van der Waals surface area (Å²) in [6.07, 6.45) is 3.11. The van der Waals surface area contributed by atoms with E-state index in [1.54, 1.807) is 0 Å². The first-order chi connectivity index (χ1) is 14.9. The molecule has 166 valence electrons. The van der Waals surface area contributed by atoms with Crippen LogP contribution >= 0.6 is 0 Å². The number of pyridine rings is 1. The molecular formula is C25H36N6. The standard InChI is InChI=1S/C22H28N6.C3H8/c1-16-7-8-20(22-19(16)6-5-9-23-22)27(4)15-18-14-21(25-17(2)24-18)28-12-10-26(3)11-13-28;1-3-2/h5-9,14H,10-13,15H2,1-4H3;3H2,1-2H3. The normalized spacial score (nSPS) is 14.3. The molecule has 1 saturated heterocycles. The fourth-order valence-corrected chi connectivity index (χ4v) is 3.83. The van der Waals surface area contributed by atoms with Crippen molar-refractivity contribution in [2.45, 2.75) is 40.7 Å². The Bertz CT molecular complexity index is 994. The van der Waals surface area contributed by atoms with E-state index in [0.717, 1.165) is 61.3 Å². The smallest absolute Gasteiger partial charge is 0.132 e. The molecule has 2 aromatic heterocycles. The van der Waals surface area contributed by atoms with Crippen molar-refractivity contribution in [3.8, 4) is 0 Å². The summed E-state index contributed by atoms with van der Waals surface area (Å²) in [5.41, 5.74) is 4.44. The van der Waals surface area contributed by atoms with E-state index in [0.29, 0.717) is 0 Å². The van der Waals surface area contributed by atoms with Gasteiger partial charge in [0, 0.05) is 50.9 Å². The van der Waals surface area contributed by atoms with Crippen molar-refractivity contribution in [1.82, 2.24) is 19.9 Å². The van der Waals surface area contributed by atoms with Crippen LogP contribution in [0.2, 0.25) is 0 Å². The molecule has 1 aliphatic rings. The molecule has 0 bridgehead atoms. The van der Waals surface area contributed by atoms with Crippen molar-refractivity contribution in [2.24, 2.45) is 0 Å². The molecule has 4 rings (SSSR count). The van der Waals surface area contributed by atoms with Gasteiger partial charge in [-0.2, -0.15) is 0 Å². The number of aryl methyl sites for hydroxylation is 2. The number of piperazine rings is 1. The lowest BCUT2D eigenvalue weighted by Gasteiger charge is -2.33. The van der Waals surface area contributed by atoms with E-state index in [9.17, 15) is 0 Å². The Morgan fingerprint density at radius 2 is 1.71 bits per heavy atom. The molecule has 0 spiro atoms. The monoisotopic (exact) mass is 420 g/mol. The second-order valence-electron chi connectivity index (χ2n) is 8.42. The fourth-order valence-electron chi connectivity index (χ4n) is 3.83. The maximum absolute atomic E-state index is 4.70. The Morgan fingerprint density at radius 3 is 2.42 bits per heavy atom. The van der Waals surface area contributed by atoms with Crippen LogP contribution in [-0.2, 0) is 6.54 Å². The molecule has 3 heterocycles. The second-order valence-corrected chi connectivity index (χ2v) is 8.42. The predicted octanol–water partition coefficient (Wildman–Crippen LogP) is 4.45. The van der Waals surface area contributed by atoms with Crippen LogP contribution in [-0.4, -0.2) is 60.1 Å². The molecular weight excluding hydrogens is 384 g/mol. The maximum Gasteiger partial charge on any atom is 0.132 e. The first-order valence-electron chi connectivity index (χ1n) is 11.3. The third-order valence-corrected chi connectivity index (χ3v) is 5.48. The molecule has 0 saturated carbocycles. The van der Waals surface area contributed by atoms with E-state index < -0.39 is 0 Å². The molecule has 0 radical (unpaired) electrons. The second kappa shape index (κ2) is 10.5. The summed E-state index contributed by atoms with van der Waals surface area (Å²) in [4.78, 5) is 21.0. The predicted molar refractivity (Wildman–Crippen MR) is 131 cm³/mol. The van der Waals surface area contributed by atoms with Gasteiger partial charge in [0.05, 0.1) is 23.4 Å². The van der Waals surface area contributed by atoms with Gasteiger partial charge in [-0.05, 0) is 38.6 Å². The Morgan fingerprint density at radius 1 is 1.00 bits per heavy atom. The molecule has 0 atom stereocenters. The van der Waals surface area contributed by atoms with Gasteiger partial charge in [0.2, 0.25) is 0 Å². The van der Waals surface area contributed by atoms with Crippen molar-refractivity contribution in [1.29, 1.82) is 0 Å². The highest BCUT2D eigenvalue weighted by atomic mass is 15.3. The summed E-state index contributed by atoms with van der Waals surface area (Å²) in [7, 11) is 4.27. The summed E-state index contributed by atoms with van der Waals surface area (Å²) in [6, 6.07) is 10.6. The summed E-state index contributed by atoms with van der Waals surface area (Å²) in [5.74, 6) is 1.86. The highest BCUT2D eigenvalue weighted by Crippen LogP contribution is 2.28. The molecule has 6 nitrogen and oxygen atoms in total. The Kier molecular flexibility index (Phi) is 7.80. The van der Waals surface area contributed by atoms with Gasteiger partial charge < -0.3 is 14.7 Å². The Labute approximate surface area is 186 Å². The van der Waals surface area contributed by atoms with Crippen LogP contribution in [0, 0.1) is 13.8 Å². The van der Waals surface area contributed by atoms with E-state index in [-0.39, 0.29) is 0 Å². The van der Waals surface area contributed by atoms with Crippen molar-refractivity contribution in [2.75, 3.05) is 50.1 Å². The number of fused-ring (bicyclic) bond motifs is 1. The number of anilines is 2. The number of benzene rings is 1. The zero-order valence-corrected chi connectivity index (χ0v) is 19.9. The fraction of sp³-hybridized carbons (Fsp3) is 0.480. The number of hydrogen-bond acceptors (Lipinski definition) is 6. The van der Waals surface area contributed by atoms with Gasteiger partial charge in [-0.1, -0.05) is 32.4 Å². The van der Waals surface area contributed by atoms with E-state index >= 15 is 0 Å². The van der Waals surface area contributed by atoms with Crippen LogP contribution in [0.5, 0.6) is 0 Å². The van der Waals surface area contributed by atoms with E-state index in [1.165, 1.54) is 17.4 Å². The lowest BCUT2D eigenvalue weighted by atomic mass is 10.1. The van der Waals surface area contributed by atoms with Gasteiger partial charge in [0.1, 0.15) is 11.6 Å². The lowest BCUT2D eigenvalue weighted by molar-refractivity contribution is 0.312. The Balaban J connectivity index is 0.000000858. The van der Waals surface area contributed by atoms with Crippen LogP contribution in [0.4, 0.5) is 11.5 Å². The number of hydrogen-bond donors (Lipinski definition) is 0. The van der Waals surface area contributed by atoms with Crippen LogP contribution in [0.1, 0.15) is 37.4 Å². The van der Waals surface area contributed by atoms with Gasteiger partial charge in [0.25, 0.3) is 0 Å². The minimum atomic E-state index is 0.721. The number of rotatable bonds is 4. The molecule has 31 heavy (non-hydrogen) atoms. The van der Waals surface area contributed by atoms with Crippen LogP contribution in [0.3, 0.4) is 0 Å². The van der Waals surface area contributed by atoms with Gasteiger partial charge in [-0.15, -0.1) is 0 Å². The SMILES string of the molecule is CCC.Cc1nc(CN(C)c2ccc(C)c3cccnc23)cc(N2CCN(C)CC2)n1. The quantitative estimate of drug-likeness (QED) is 0.622. The lowest BCUT2D eigenvalue weighted by Crippen LogP contribution is -2.45. The van der Waals surface area contributed by atoms with Crippen LogP contribution < -0.4 is 9.80 Å². The minimum Gasteiger partial charge on any atom is -0.367 e. The molecule has 0 unspecified atom stereocenters. The molecule has 3 aromatic rings. The van der Waals surface area contributed by atoms with Gasteiger partial charge in [-0.25, -0.2) is 9.97 Å². The summed E-state index contributed by atoms with van der Waals surface area (Å²) < 4.78 is 0. The minimum absolute atomic E-state index is 0.721. The maximum atomic E-state index is 4.70. The van der Waals surface area contributed by atoms with Gasteiger partial charge in [0.15, 0.2) is 0 Å². The summed E-state index contributed by atoms with van der Waals surface area (Å²) >= 11 is 0. The zero-order valence-electron chi connectivity index (χ0n) is 19.9. The highest BCUT2D eigenvalue weighted by Gasteiger charge is 2.17. The molecule has 1 fully saturated rings. The molecule has 1 aliphatic heterocycles. The van der Waals surface area contributed by atoms with Crippen molar-refractivity contribution in [3.05, 3.63) is 53.6 Å². The molecule has 1 aromatic carbocycles. The third-order valence-electron chi connectivity index (χ3n) is 5.48. The van der Waals surface area contributed by atoms with E-state index in [2.05, 4.69) is 83.8 Å². The molecule has 0 aliphatic carbocycles. The number of likely N-dealkylation sites (N-methyl/N-ethyl adjacent to an activating group) is 1. The third kappa shape index (κ3) is 5.70. The molecule has 6 heteroatoms. The van der Waals surface area contributed by atoms with E-state index in [4.69, 9.17) is 4.98 Å². The number of nitrogens with zero attached hydrogens (tertiary/aromatic N) is 6.